The van der Waals surface area contributed by atoms with Gasteiger partial charge in [-0.25, -0.2) is 13.1 Å². The van der Waals surface area contributed by atoms with E-state index in [1.165, 1.54) is 0 Å². The molecule has 0 aliphatic heterocycles. The third-order valence-electron chi connectivity index (χ3n) is 2.85. The van der Waals surface area contributed by atoms with Crippen LogP contribution in [0.2, 0.25) is 0 Å². The number of aliphatic imine (C=N–C) groups is 1. The van der Waals surface area contributed by atoms with E-state index in [1.54, 1.807) is 24.3 Å². The van der Waals surface area contributed by atoms with Crippen molar-refractivity contribution in [2.45, 2.75) is 31.6 Å². The minimum atomic E-state index is -3.47. The van der Waals surface area contributed by atoms with Crippen molar-refractivity contribution in [2.24, 2.45) is 10.7 Å². The molecule has 1 aromatic rings. The minimum absolute atomic E-state index is 0.250. The van der Waals surface area contributed by atoms with E-state index >= 15 is 0 Å². The molecule has 1 rings (SSSR count). The molecule has 0 unspecified atom stereocenters. The number of hydrogen-bond donors (Lipinski definition) is 3. The number of benzene rings is 1. The number of nitrogens with zero attached hydrogens (tertiary/aromatic N) is 1. The number of nitrogens with two attached hydrogens (primary N) is 1. The Morgan fingerprint density at radius 3 is 2.52 bits per heavy atom. The van der Waals surface area contributed by atoms with Crippen LogP contribution in [0.3, 0.4) is 0 Å². The van der Waals surface area contributed by atoms with Gasteiger partial charge >= 0.3 is 0 Å². The Balaban J connectivity index is 2.38. The monoisotopic (exact) mass is 312 g/mol. The molecule has 21 heavy (non-hydrogen) atoms. The summed E-state index contributed by atoms with van der Waals surface area (Å²) in [7, 11) is -3.47. The van der Waals surface area contributed by atoms with Gasteiger partial charge in [0.1, 0.15) is 0 Å². The quantitative estimate of drug-likeness (QED) is 0.379. The Morgan fingerprint density at radius 1 is 1.24 bits per heavy atom. The maximum atomic E-state index is 12.0. The van der Waals surface area contributed by atoms with E-state index in [0.717, 1.165) is 18.4 Å². The second-order valence-electron chi connectivity index (χ2n) is 4.76. The molecule has 0 radical (unpaired) electrons. The van der Waals surface area contributed by atoms with Crippen molar-refractivity contribution < 1.29 is 8.42 Å². The molecule has 0 spiro atoms. The van der Waals surface area contributed by atoms with Crippen LogP contribution in [0.5, 0.6) is 0 Å². The molecule has 0 atom stereocenters. The highest BCUT2D eigenvalue weighted by Crippen LogP contribution is 2.09. The Labute approximate surface area is 126 Å². The zero-order valence-electron chi connectivity index (χ0n) is 12.6. The molecule has 4 N–H and O–H groups in total. The number of aryl methyl sites for hydroxylation is 1. The van der Waals surface area contributed by atoms with Gasteiger partial charge in [0.15, 0.2) is 5.96 Å². The maximum absolute atomic E-state index is 12.0. The molecule has 0 heterocycles. The smallest absolute Gasteiger partial charge is 0.240 e. The van der Waals surface area contributed by atoms with Crippen molar-refractivity contribution in [1.82, 2.24) is 10.0 Å². The zero-order chi connectivity index (χ0) is 15.7. The Kier molecular flexibility index (Phi) is 7.18. The summed E-state index contributed by atoms with van der Waals surface area (Å²) < 4.78 is 26.5. The van der Waals surface area contributed by atoms with Crippen molar-refractivity contribution in [3.05, 3.63) is 29.8 Å². The van der Waals surface area contributed by atoms with Gasteiger partial charge in [0.2, 0.25) is 10.0 Å². The third kappa shape index (κ3) is 6.59. The van der Waals surface area contributed by atoms with Crippen molar-refractivity contribution >= 4 is 16.0 Å². The van der Waals surface area contributed by atoms with Gasteiger partial charge < -0.3 is 11.1 Å². The molecule has 0 aliphatic rings. The fourth-order valence-electron chi connectivity index (χ4n) is 1.59. The SMILES string of the molecule is CCCCN=C(N)NCCNS(=O)(=O)c1ccc(C)cc1. The van der Waals surface area contributed by atoms with Crippen molar-refractivity contribution in [2.75, 3.05) is 19.6 Å². The summed E-state index contributed by atoms with van der Waals surface area (Å²) >= 11 is 0. The minimum Gasteiger partial charge on any atom is -0.370 e. The van der Waals surface area contributed by atoms with E-state index in [2.05, 4.69) is 22.0 Å². The largest absolute Gasteiger partial charge is 0.370 e. The average molecular weight is 312 g/mol. The summed E-state index contributed by atoms with van der Waals surface area (Å²) in [6.45, 7) is 5.32. The summed E-state index contributed by atoms with van der Waals surface area (Å²) in [5, 5.41) is 2.88. The van der Waals surface area contributed by atoms with Gasteiger partial charge in [-0.15, -0.1) is 0 Å². The molecule has 0 fully saturated rings. The van der Waals surface area contributed by atoms with Crippen LogP contribution in [0.15, 0.2) is 34.2 Å². The van der Waals surface area contributed by atoms with Gasteiger partial charge in [0.05, 0.1) is 4.90 Å². The molecule has 0 aromatic heterocycles. The number of rotatable bonds is 8. The van der Waals surface area contributed by atoms with E-state index < -0.39 is 10.0 Å². The first-order valence-electron chi connectivity index (χ1n) is 7.06. The molecule has 0 aliphatic carbocycles. The normalized spacial score (nSPS) is 12.4. The van der Waals surface area contributed by atoms with E-state index in [9.17, 15) is 8.42 Å². The lowest BCUT2D eigenvalue weighted by Crippen LogP contribution is -2.38. The topological polar surface area (TPSA) is 96.6 Å². The molecule has 0 saturated carbocycles. The van der Waals surface area contributed by atoms with Crippen LogP contribution in [0.25, 0.3) is 0 Å². The lowest BCUT2D eigenvalue weighted by molar-refractivity contribution is 0.580. The second-order valence-corrected chi connectivity index (χ2v) is 6.53. The van der Waals surface area contributed by atoms with E-state index in [-0.39, 0.29) is 11.4 Å². The van der Waals surface area contributed by atoms with Crippen LogP contribution in [-0.4, -0.2) is 34.0 Å². The van der Waals surface area contributed by atoms with Crippen LogP contribution in [0.1, 0.15) is 25.3 Å². The first-order valence-corrected chi connectivity index (χ1v) is 8.54. The summed E-state index contributed by atoms with van der Waals surface area (Å²) in [5.74, 6) is 0.345. The van der Waals surface area contributed by atoms with Gasteiger partial charge in [0.25, 0.3) is 0 Å². The van der Waals surface area contributed by atoms with Gasteiger partial charge in [-0.2, -0.15) is 0 Å². The predicted molar refractivity (Wildman–Crippen MR) is 85.8 cm³/mol. The number of hydrogen-bond acceptors (Lipinski definition) is 3. The lowest BCUT2D eigenvalue weighted by atomic mass is 10.2. The Hall–Kier alpha value is -1.60. The summed E-state index contributed by atoms with van der Waals surface area (Å²) in [6, 6.07) is 6.72. The average Bonchev–Trinajstić information content (AvgIpc) is 2.44. The Morgan fingerprint density at radius 2 is 1.90 bits per heavy atom. The first kappa shape index (κ1) is 17.5. The van der Waals surface area contributed by atoms with Crippen molar-refractivity contribution in [1.29, 1.82) is 0 Å². The number of unbranched alkanes of at least 4 members (excludes halogenated alkanes) is 1. The van der Waals surface area contributed by atoms with Crippen LogP contribution in [-0.2, 0) is 10.0 Å². The molecular formula is C14H24N4O2S. The number of guanidine groups is 1. The summed E-state index contributed by atoms with van der Waals surface area (Å²) in [5.41, 5.74) is 6.67. The van der Waals surface area contributed by atoms with E-state index in [1.807, 2.05) is 6.92 Å². The zero-order valence-corrected chi connectivity index (χ0v) is 13.4. The highest BCUT2D eigenvalue weighted by Gasteiger charge is 2.12. The fourth-order valence-corrected chi connectivity index (χ4v) is 2.62. The molecule has 118 valence electrons. The number of sulfonamides is 1. The maximum Gasteiger partial charge on any atom is 0.240 e. The fraction of sp³-hybridized carbons (Fsp3) is 0.500. The highest BCUT2D eigenvalue weighted by molar-refractivity contribution is 7.89. The first-order chi connectivity index (χ1) is 9.95. The van der Waals surface area contributed by atoms with Crippen LogP contribution < -0.4 is 15.8 Å². The van der Waals surface area contributed by atoms with Gasteiger partial charge in [-0.1, -0.05) is 31.0 Å². The van der Waals surface area contributed by atoms with Gasteiger partial charge in [-0.3, -0.25) is 4.99 Å². The molecule has 1 aromatic carbocycles. The van der Waals surface area contributed by atoms with Crippen molar-refractivity contribution in [3.8, 4) is 0 Å². The molecule has 0 saturated heterocycles. The van der Waals surface area contributed by atoms with Crippen LogP contribution in [0, 0.1) is 6.92 Å². The van der Waals surface area contributed by atoms with E-state index in [4.69, 9.17) is 5.73 Å². The molecule has 0 amide bonds. The second kappa shape index (κ2) is 8.63. The number of nitrogens with one attached hydrogen (secondary N) is 2. The Bertz CT molecular complexity index is 553. The molecule has 7 heteroatoms. The standard InChI is InChI=1S/C14H24N4O2S/c1-3-4-9-16-14(15)17-10-11-18-21(19,20)13-7-5-12(2)6-8-13/h5-8,18H,3-4,9-11H2,1-2H3,(H3,15,16,17). The molecule has 0 bridgehead atoms. The van der Waals surface area contributed by atoms with Crippen LogP contribution >= 0.6 is 0 Å². The van der Waals surface area contributed by atoms with Gasteiger partial charge in [-0.05, 0) is 25.5 Å². The molecule has 6 nitrogen and oxygen atoms in total. The molecular weight excluding hydrogens is 288 g/mol. The highest BCUT2D eigenvalue weighted by atomic mass is 32.2. The van der Waals surface area contributed by atoms with Crippen molar-refractivity contribution in [3.63, 3.8) is 0 Å². The van der Waals surface area contributed by atoms with Crippen LogP contribution in [0.4, 0.5) is 0 Å². The van der Waals surface area contributed by atoms with E-state index in [0.29, 0.717) is 19.0 Å². The summed E-state index contributed by atoms with van der Waals surface area (Å²) in [6.07, 6.45) is 2.05. The third-order valence-corrected chi connectivity index (χ3v) is 4.33. The summed E-state index contributed by atoms with van der Waals surface area (Å²) in [4.78, 5) is 4.38. The van der Waals surface area contributed by atoms with Gasteiger partial charge in [0, 0.05) is 19.6 Å². The predicted octanol–water partition coefficient (Wildman–Crippen LogP) is 0.978. The lowest BCUT2D eigenvalue weighted by Gasteiger charge is -2.08.